The van der Waals surface area contributed by atoms with Gasteiger partial charge in [-0.05, 0) is 43.0 Å². The lowest BCUT2D eigenvalue weighted by atomic mass is 10.1. The maximum absolute atomic E-state index is 14.0. The van der Waals surface area contributed by atoms with Crippen LogP contribution in [0.2, 0.25) is 0 Å². The van der Waals surface area contributed by atoms with Crippen LogP contribution in [0, 0.1) is 11.2 Å². The third-order valence-electron chi connectivity index (χ3n) is 6.13. The van der Waals surface area contributed by atoms with Crippen LogP contribution in [0.15, 0.2) is 42.6 Å². The summed E-state index contributed by atoms with van der Waals surface area (Å²) in [6, 6.07) is 9.10. The maximum atomic E-state index is 14.0. The van der Waals surface area contributed by atoms with Gasteiger partial charge < -0.3 is 15.5 Å². The second-order valence-corrected chi connectivity index (χ2v) is 8.41. The predicted molar refractivity (Wildman–Crippen MR) is 121 cm³/mol. The highest BCUT2D eigenvalue weighted by molar-refractivity contribution is 6.45. The van der Waals surface area contributed by atoms with E-state index in [4.69, 9.17) is 5.41 Å². The van der Waals surface area contributed by atoms with Crippen molar-refractivity contribution in [3.8, 4) is 0 Å². The minimum absolute atomic E-state index is 0.0402. The van der Waals surface area contributed by atoms with Gasteiger partial charge in [-0.2, -0.15) is 0 Å². The lowest BCUT2D eigenvalue weighted by Gasteiger charge is -2.24. The minimum atomic E-state index is -0.570. The average molecular weight is 452 g/mol. The number of pyridine rings is 1. The SMILES string of the molecule is CC(=O)C(=N)c1cccnc1NCC(=O)N1CCC[C@H]1C(=O)N[C@H]1C[C@@H]1c1ccccc1F. The Bertz CT molecular complexity index is 1110. The molecule has 1 aromatic heterocycles. The van der Waals surface area contributed by atoms with Gasteiger partial charge in [-0.3, -0.25) is 19.8 Å². The topological polar surface area (TPSA) is 115 Å². The van der Waals surface area contributed by atoms with Gasteiger partial charge in [-0.1, -0.05) is 18.2 Å². The molecule has 4 rings (SSSR count). The number of likely N-dealkylation sites (tertiary alicyclic amines) is 1. The molecule has 2 aliphatic rings. The van der Waals surface area contributed by atoms with Crippen molar-refractivity contribution in [3.63, 3.8) is 0 Å². The Balaban J connectivity index is 1.35. The van der Waals surface area contributed by atoms with Crippen molar-refractivity contribution in [1.29, 1.82) is 5.41 Å². The third kappa shape index (κ3) is 4.92. The van der Waals surface area contributed by atoms with Crippen molar-refractivity contribution in [1.82, 2.24) is 15.2 Å². The second-order valence-electron chi connectivity index (χ2n) is 8.41. The molecule has 9 heteroatoms. The summed E-state index contributed by atoms with van der Waals surface area (Å²) in [6.45, 7) is 1.66. The highest BCUT2D eigenvalue weighted by Gasteiger charge is 2.43. The van der Waals surface area contributed by atoms with Gasteiger partial charge in [-0.25, -0.2) is 9.37 Å². The number of anilines is 1. The first-order chi connectivity index (χ1) is 15.9. The molecular formula is C24H26FN5O3. The van der Waals surface area contributed by atoms with E-state index in [2.05, 4.69) is 15.6 Å². The number of hydrogen-bond acceptors (Lipinski definition) is 6. The molecule has 0 bridgehead atoms. The molecule has 1 saturated heterocycles. The molecular weight excluding hydrogens is 425 g/mol. The van der Waals surface area contributed by atoms with Crippen LogP contribution >= 0.6 is 0 Å². The Morgan fingerprint density at radius 3 is 2.76 bits per heavy atom. The minimum Gasteiger partial charge on any atom is -0.360 e. The van der Waals surface area contributed by atoms with Crippen LogP contribution in [0.3, 0.4) is 0 Å². The van der Waals surface area contributed by atoms with Gasteiger partial charge in [0.1, 0.15) is 23.4 Å². The van der Waals surface area contributed by atoms with E-state index in [9.17, 15) is 18.8 Å². The number of carbonyl (C=O) groups excluding carboxylic acids is 3. The molecule has 33 heavy (non-hydrogen) atoms. The summed E-state index contributed by atoms with van der Waals surface area (Å²) in [5, 5.41) is 13.8. The Morgan fingerprint density at radius 2 is 2.00 bits per heavy atom. The molecule has 1 saturated carbocycles. The Morgan fingerprint density at radius 1 is 1.21 bits per heavy atom. The number of rotatable bonds is 8. The zero-order valence-electron chi connectivity index (χ0n) is 18.3. The summed E-state index contributed by atoms with van der Waals surface area (Å²) >= 11 is 0. The van der Waals surface area contributed by atoms with Crippen molar-refractivity contribution in [3.05, 3.63) is 59.5 Å². The number of halogens is 1. The first kappa shape index (κ1) is 22.6. The van der Waals surface area contributed by atoms with Gasteiger partial charge in [-0.15, -0.1) is 0 Å². The highest BCUT2D eigenvalue weighted by Crippen LogP contribution is 2.42. The average Bonchev–Trinajstić information content (AvgIpc) is 3.37. The van der Waals surface area contributed by atoms with Crippen LogP contribution in [0.25, 0.3) is 0 Å². The number of nitrogens with zero attached hydrogens (tertiary/aromatic N) is 2. The monoisotopic (exact) mass is 451 g/mol. The van der Waals surface area contributed by atoms with E-state index in [1.165, 1.54) is 19.2 Å². The van der Waals surface area contributed by atoms with Gasteiger partial charge in [0.05, 0.1) is 6.54 Å². The molecule has 1 aliphatic carbocycles. The van der Waals surface area contributed by atoms with Crippen LogP contribution in [0.4, 0.5) is 10.2 Å². The van der Waals surface area contributed by atoms with E-state index in [-0.39, 0.29) is 47.7 Å². The summed E-state index contributed by atoms with van der Waals surface area (Å²) in [5.74, 6) is -0.919. The van der Waals surface area contributed by atoms with Gasteiger partial charge in [0.25, 0.3) is 0 Å². The van der Waals surface area contributed by atoms with Crippen LogP contribution in [0.5, 0.6) is 0 Å². The Hall–Kier alpha value is -3.62. The molecule has 8 nitrogen and oxygen atoms in total. The second kappa shape index (κ2) is 9.48. The number of hydrogen-bond donors (Lipinski definition) is 3. The highest BCUT2D eigenvalue weighted by atomic mass is 19.1. The molecule has 3 atom stereocenters. The molecule has 2 fully saturated rings. The Kier molecular flexibility index (Phi) is 6.48. The fraction of sp³-hybridized carbons (Fsp3) is 0.375. The molecule has 2 heterocycles. The number of nitrogens with one attached hydrogen (secondary N) is 3. The number of carbonyl (C=O) groups is 3. The van der Waals surface area contributed by atoms with Crippen molar-refractivity contribution < 1.29 is 18.8 Å². The van der Waals surface area contributed by atoms with E-state index in [1.807, 2.05) is 0 Å². The van der Waals surface area contributed by atoms with Crippen molar-refractivity contribution in [2.75, 3.05) is 18.4 Å². The van der Waals surface area contributed by atoms with Crippen LogP contribution in [-0.2, 0) is 14.4 Å². The number of amides is 2. The molecule has 0 unspecified atom stereocenters. The van der Waals surface area contributed by atoms with Gasteiger partial charge in [0.2, 0.25) is 11.8 Å². The zero-order chi connectivity index (χ0) is 23.5. The van der Waals surface area contributed by atoms with E-state index in [1.54, 1.807) is 35.2 Å². The fourth-order valence-electron chi connectivity index (χ4n) is 4.29. The molecule has 0 radical (unpaired) electrons. The number of Topliss-reactive ketones (excluding diaryl/α,β-unsaturated/α-hetero) is 1. The quantitative estimate of drug-likeness (QED) is 0.533. The molecule has 0 spiro atoms. The fourth-order valence-corrected chi connectivity index (χ4v) is 4.29. The molecule has 172 valence electrons. The number of aromatic nitrogens is 1. The molecule has 1 aliphatic heterocycles. The smallest absolute Gasteiger partial charge is 0.243 e. The standard InChI is InChI=1S/C24H26FN5O3/c1-14(31)22(26)16-7-4-10-27-23(16)28-13-21(32)30-11-5-9-20(30)24(33)29-19-12-17(19)15-6-2-3-8-18(15)25/h2-4,6-8,10,17,19-20,26H,5,9,11-13H2,1H3,(H,27,28)(H,29,33)/t17-,19+,20+/m1/s1. The first-order valence-corrected chi connectivity index (χ1v) is 11.0. The Labute approximate surface area is 191 Å². The lowest BCUT2D eigenvalue weighted by Crippen LogP contribution is -2.48. The molecule has 1 aromatic carbocycles. The molecule has 3 N–H and O–H groups in total. The summed E-state index contributed by atoms with van der Waals surface area (Å²) in [4.78, 5) is 43.0. The van der Waals surface area contributed by atoms with E-state index >= 15 is 0 Å². The van der Waals surface area contributed by atoms with Crippen LogP contribution < -0.4 is 10.6 Å². The van der Waals surface area contributed by atoms with Crippen LogP contribution in [-0.4, -0.2) is 58.4 Å². The number of benzene rings is 1. The van der Waals surface area contributed by atoms with Crippen molar-refractivity contribution in [2.45, 2.75) is 44.2 Å². The number of ketones is 1. The first-order valence-electron chi connectivity index (χ1n) is 11.0. The maximum Gasteiger partial charge on any atom is 0.243 e. The lowest BCUT2D eigenvalue weighted by molar-refractivity contribution is -0.137. The van der Waals surface area contributed by atoms with Crippen LogP contribution in [0.1, 0.15) is 43.2 Å². The van der Waals surface area contributed by atoms with Gasteiger partial charge in [0, 0.05) is 37.2 Å². The summed E-state index contributed by atoms with van der Waals surface area (Å²) in [5.41, 5.74) is 0.736. The van der Waals surface area contributed by atoms with Crippen molar-refractivity contribution >= 4 is 29.1 Å². The van der Waals surface area contributed by atoms with Gasteiger partial charge in [0.15, 0.2) is 5.78 Å². The summed E-state index contributed by atoms with van der Waals surface area (Å²) in [7, 11) is 0. The van der Waals surface area contributed by atoms with Gasteiger partial charge >= 0.3 is 0 Å². The normalized spacial score (nSPS) is 21.4. The van der Waals surface area contributed by atoms with E-state index in [0.29, 0.717) is 30.5 Å². The summed E-state index contributed by atoms with van der Waals surface area (Å²) < 4.78 is 14.0. The zero-order valence-corrected chi connectivity index (χ0v) is 18.3. The molecule has 2 aromatic rings. The molecule has 2 amide bonds. The van der Waals surface area contributed by atoms with E-state index < -0.39 is 11.8 Å². The van der Waals surface area contributed by atoms with E-state index in [0.717, 1.165) is 6.42 Å². The third-order valence-corrected chi connectivity index (χ3v) is 6.13. The summed E-state index contributed by atoms with van der Waals surface area (Å²) in [6.07, 6.45) is 3.48. The largest absolute Gasteiger partial charge is 0.360 e. The predicted octanol–water partition coefficient (Wildman–Crippen LogP) is 2.25. The van der Waals surface area contributed by atoms with Crippen molar-refractivity contribution in [2.24, 2.45) is 0 Å².